The molecular formula is C57H49N. The monoisotopic (exact) mass is 747 g/mol. The highest BCUT2D eigenvalue weighted by molar-refractivity contribution is 5.95. The number of nitrogens with zero attached hydrogens (tertiary/aromatic N) is 1. The maximum absolute atomic E-state index is 2.67. The first-order valence-electron chi connectivity index (χ1n) is 21.7. The highest BCUT2D eigenvalue weighted by Gasteiger charge is 2.47. The van der Waals surface area contributed by atoms with E-state index < -0.39 is 5.41 Å². The number of para-hydroxylation sites is 1. The zero-order valence-corrected chi connectivity index (χ0v) is 33.3. The van der Waals surface area contributed by atoms with E-state index in [1.807, 2.05) is 0 Å². The minimum Gasteiger partial charge on any atom is -0.313 e. The van der Waals surface area contributed by atoms with Crippen molar-refractivity contribution in [3.8, 4) is 33.4 Å². The molecule has 0 bridgehead atoms. The lowest BCUT2D eigenvalue weighted by atomic mass is 9.67. The van der Waals surface area contributed by atoms with Gasteiger partial charge in [0, 0.05) is 16.9 Å². The van der Waals surface area contributed by atoms with Crippen LogP contribution in [0.1, 0.15) is 84.7 Å². The molecule has 0 atom stereocenters. The largest absolute Gasteiger partial charge is 0.313 e. The van der Waals surface area contributed by atoms with Crippen molar-refractivity contribution in [3.63, 3.8) is 0 Å². The third-order valence-electron chi connectivity index (χ3n) is 13.6. The van der Waals surface area contributed by atoms with Gasteiger partial charge in [0.05, 0.1) is 11.1 Å². The van der Waals surface area contributed by atoms with Gasteiger partial charge in [-0.15, -0.1) is 0 Å². The molecule has 11 rings (SSSR count). The van der Waals surface area contributed by atoms with Gasteiger partial charge in [0.1, 0.15) is 0 Å². The fourth-order valence-corrected chi connectivity index (χ4v) is 10.9. The first-order chi connectivity index (χ1) is 28.8. The first kappa shape index (κ1) is 35.0. The Labute approximate surface area is 344 Å². The van der Waals surface area contributed by atoms with E-state index in [9.17, 15) is 0 Å². The van der Waals surface area contributed by atoms with E-state index in [4.69, 9.17) is 0 Å². The van der Waals surface area contributed by atoms with Gasteiger partial charge >= 0.3 is 0 Å². The Hall–Kier alpha value is -6.18. The summed E-state index contributed by atoms with van der Waals surface area (Å²) in [6.45, 7) is 0. The topological polar surface area (TPSA) is 3.24 Å². The van der Waals surface area contributed by atoms with Gasteiger partial charge in [0.15, 0.2) is 0 Å². The third kappa shape index (κ3) is 5.74. The van der Waals surface area contributed by atoms with Crippen LogP contribution in [0.5, 0.6) is 0 Å². The van der Waals surface area contributed by atoms with Gasteiger partial charge in [-0.25, -0.2) is 0 Å². The molecule has 0 heterocycles. The quantitative estimate of drug-likeness (QED) is 0.157. The van der Waals surface area contributed by atoms with Crippen LogP contribution in [0.15, 0.2) is 193 Å². The number of rotatable bonds is 7. The van der Waals surface area contributed by atoms with Crippen molar-refractivity contribution < 1.29 is 0 Å². The van der Waals surface area contributed by atoms with Gasteiger partial charge in [-0.3, -0.25) is 0 Å². The Bertz CT molecular complexity index is 2660. The van der Waals surface area contributed by atoms with Crippen LogP contribution in [0.4, 0.5) is 11.4 Å². The summed E-state index contributed by atoms with van der Waals surface area (Å²) in [5.74, 6) is 0. The van der Waals surface area contributed by atoms with Crippen LogP contribution >= 0.6 is 0 Å². The lowest BCUT2D eigenvalue weighted by Gasteiger charge is -2.38. The molecule has 1 nitrogen and oxygen atoms in total. The smallest absolute Gasteiger partial charge is 0.0714 e. The van der Waals surface area contributed by atoms with Gasteiger partial charge < -0.3 is 4.90 Å². The Kier molecular flexibility index (Phi) is 8.84. The molecule has 4 aliphatic carbocycles. The summed E-state index contributed by atoms with van der Waals surface area (Å²) < 4.78 is 0. The molecule has 0 amide bonds. The zero-order chi connectivity index (χ0) is 38.5. The molecule has 1 fully saturated rings. The predicted molar refractivity (Wildman–Crippen MR) is 243 cm³/mol. The molecule has 0 spiro atoms. The zero-order valence-electron chi connectivity index (χ0n) is 33.3. The summed E-state index contributed by atoms with van der Waals surface area (Å²) >= 11 is 0. The number of hydrogen-bond donors (Lipinski definition) is 0. The van der Waals surface area contributed by atoms with Crippen molar-refractivity contribution in [2.24, 2.45) is 0 Å². The fraction of sp³-hybridized carbons (Fsp3) is 0.193. The van der Waals surface area contributed by atoms with Crippen LogP contribution in [0.2, 0.25) is 0 Å². The average molecular weight is 748 g/mol. The number of aryl methyl sites for hydroxylation is 2. The minimum atomic E-state index is -0.485. The van der Waals surface area contributed by atoms with Crippen molar-refractivity contribution >= 4 is 11.4 Å². The second-order valence-electron chi connectivity index (χ2n) is 16.8. The standard InChI is InChI=1S/C57H49N/c1-4-21-46(22-5-1)57(47-23-6-2-7-24-47)53-29-15-14-28-50(53)52-38-51(43-34-31-41(32-35-43)45-36-33-40-17-10-11-19-44(40)37-45)56(39-54(52)57)58(48-25-8-3-9-26-48)55-30-16-20-42-18-12-13-27-49(42)55/h1-9,14-15,20-26,28-29,31-39H,10-13,16-19,27,30H2. The summed E-state index contributed by atoms with van der Waals surface area (Å²) in [6, 6.07) is 64.7. The molecule has 0 radical (unpaired) electrons. The Morgan fingerprint density at radius 1 is 0.414 bits per heavy atom. The molecule has 1 saturated carbocycles. The second kappa shape index (κ2) is 14.6. The fourth-order valence-electron chi connectivity index (χ4n) is 10.9. The van der Waals surface area contributed by atoms with Crippen molar-refractivity contribution in [3.05, 3.63) is 226 Å². The van der Waals surface area contributed by atoms with E-state index in [0.717, 1.165) is 19.3 Å². The van der Waals surface area contributed by atoms with Crippen molar-refractivity contribution in [1.82, 2.24) is 0 Å². The highest BCUT2D eigenvalue weighted by atomic mass is 15.2. The molecule has 0 aliphatic heterocycles. The van der Waals surface area contributed by atoms with Gasteiger partial charge in [0.25, 0.3) is 0 Å². The van der Waals surface area contributed by atoms with Crippen LogP contribution in [-0.4, -0.2) is 0 Å². The Morgan fingerprint density at radius 3 is 1.79 bits per heavy atom. The van der Waals surface area contributed by atoms with E-state index in [0.29, 0.717) is 0 Å². The van der Waals surface area contributed by atoms with Gasteiger partial charge in [-0.05, 0) is 161 Å². The minimum absolute atomic E-state index is 0.485. The van der Waals surface area contributed by atoms with E-state index in [1.54, 1.807) is 11.1 Å². The van der Waals surface area contributed by atoms with E-state index >= 15 is 0 Å². The molecule has 0 saturated heterocycles. The SMILES string of the molecule is C1=C2CCCCC2=C(N(c2ccccc2)c2cc3c(cc2-c2ccc(-c4ccc5c(c4)CCCC5)cc2)-c2ccccc2C3(c2ccccc2)c2ccccc2)CC1. The molecule has 7 aromatic rings. The van der Waals surface area contributed by atoms with Crippen molar-refractivity contribution in [1.29, 1.82) is 0 Å². The summed E-state index contributed by atoms with van der Waals surface area (Å²) in [5, 5.41) is 0. The maximum atomic E-state index is 2.67. The number of fused-ring (bicyclic) bond motifs is 5. The summed E-state index contributed by atoms with van der Waals surface area (Å²) in [5.41, 5.74) is 22.7. The second-order valence-corrected chi connectivity index (χ2v) is 16.8. The molecule has 58 heavy (non-hydrogen) atoms. The lowest BCUT2D eigenvalue weighted by Crippen LogP contribution is -2.29. The molecule has 0 N–H and O–H groups in total. The van der Waals surface area contributed by atoms with Crippen LogP contribution < -0.4 is 4.90 Å². The van der Waals surface area contributed by atoms with Crippen molar-refractivity contribution in [2.45, 2.75) is 69.6 Å². The normalized spacial score (nSPS) is 16.4. The number of benzene rings is 7. The molecule has 4 aliphatic rings. The summed E-state index contributed by atoms with van der Waals surface area (Å²) in [4.78, 5) is 2.67. The molecular weight excluding hydrogens is 699 g/mol. The van der Waals surface area contributed by atoms with Crippen LogP contribution in [-0.2, 0) is 18.3 Å². The number of hydrogen-bond acceptors (Lipinski definition) is 1. The third-order valence-corrected chi connectivity index (χ3v) is 13.6. The van der Waals surface area contributed by atoms with Crippen molar-refractivity contribution in [2.75, 3.05) is 4.90 Å². The van der Waals surface area contributed by atoms with Gasteiger partial charge in [0.2, 0.25) is 0 Å². The first-order valence-corrected chi connectivity index (χ1v) is 21.7. The van der Waals surface area contributed by atoms with Crippen LogP contribution in [0.25, 0.3) is 33.4 Å². The van der Waals surface area contributed by atoms with E-state index in [2.05, 4.69) is 181 Å². The number of anilines is 2. The summed E-state index contributed by atoms with van der Waals surface area (Å²) in [7, 11) is 0. The van der Waals surface area contributed by atoms with E-state index in [1.165, 1.54) is 129 Å². The Morgan fingerprint density at radius 2 is 1.03 bits per heavy atom. The molecule has 0 unspecified atom stereocenters. The molecule has 0 aromatic heterocycles. The number of allylic oxidation sites excluding steroid dienone is 4. The van der Waals surface area contributed by atoms with Gasteiger partial charge in [-0.1, -0.05) is 152 Å². The van der Waals surface area contributed by atoms with Gasteiger partial charge in [-0.2, -0.15) is 0 Å². The van der Waals surface area contributed by atoms with Crippen LogP contribution in [0.3, 0.4) is 0 Å². The lowest BCUT2D eigenvalue weighted by molar-refractivity contribution is 0.652. The highest BCUT2D eigenvalue weighted by Crippen LogP contribution is 2.59. The molecule has 282 valence electrons. The summed E-state index contributed by atoms with van der Waals surface area (Å²) in [6.07, 6.45) is 14.5. The average Bonchev–Trinajstić information content (AvgIpc) is 3.60. The molecule has 1 heteroatoms. The molecule has 7 aromatic carbocycles. The van der Waals surface area contributed by atoms with Crippen LogP contribution in [0, 0.1) is 0 Å². The van der Waals surface area contributed by atoms with E-state index in [-0.39, 0.29) is 0 Å². The Balaban J connectivity index is 1.19. The maximum Gasteiger partial charge on any atom is 0.0714 e. The predicted octanol–water partition coefficient (Wildman–Crippen LogP) is 14.9.